The van der Waals surface area contributed by atoms with Crippen molar-refractivity contribution in [2.75, 3.05) is 19.7 Å². The van der Waals surface area contributed by atoms with E-state index in [4.69, 9.17) is 4.74 Å². The second-order valence-corrected chi connectivity index (χ2v) is 5.06. The van der Waals surface area contributed by atoms with Crippen molar-refractivity contribution in [3.05, 3.63) is 53.9 Å². The van der Waals surface area contributed by atoms with E-state index in [9.17, 15) is 0 Å². The van der Waals surface area contributed by atoms with Crippen LogP contribution in [0.1, 0.15) is 11.1 Å². The van der Waals surface area contributed by atoms with Gasteiger partial charge in [-0.15, -0.1) is 0 Å². The van der Waals surface area contributed by atoms with Gasteiger partial charge in [0.05, 0.1) is 6.54 Å². The highest BCUT2D eigenvalue weighted by Gasteiger charge is 2.10. The molecule has 0 aliphatic carbocycles. The van der Waals surface area contributed by atoms with Crippen molar-refractivity contribution in [3.63, 3.8) is 0 Å². The Hall–Kier alpha value is -2.36. The van der Waals surface area contributed by atoms with Gasteiger partial charge in [0.1, 0.15) is 6.61 Å². The summed E-state index contributed by atoms with van der Waals surface area (Å²) >= 11 is 0. The molecule has 0 amide bonds. The number of aromatic nitrogens is 1. The number of pyridine rings is 1. The molecular weight excluding hydrogens is 262 g/mol. The Balaban J connectivity index is 1.77. The SMILES string of the molecule is Cc1cccc(CCNC2=NCCO2)c1-c1cccnc1. The summed E-state index contributed by atoms with van der Waals surface area (Å²) in [5.74, 6) is 0. The van der Waals surface area contributed by atoms with Crippen LogP contribution in [0.25, 0.3) is 11.1 Å². The molecule has 1 N–H and O–H groups in total. The van der Waals surface area contributed by atoms with Gasteiger partial charge in [-0.2, -0.15) is 0 Å². The Labute approximate surface area is 124 Å². The van der Waals surface area contributed by atoms with Crippen molar-refractivity contribution < 1.29 is 4.74 Å². The van der Waals surface area contributed by atoms with Gasteiger partial charge in [-0.3, -0.25) is 4.98 Å². The largest absolute Gasteiger partial charge is 0.463 e. The zero-order chi connectivity index (χ0) is 14.5. The van der Waals surface area contributed by atoms with E-state index in [-0.39, 0.29) is 0 Å². The molecule has 0 atom stereocenters. The lowest BCUT2D eigenvalue weighted by molar-refractivity contribution is 0.332. The number of benzene rings is 1. The molecule has 0 fully saturated rings. The second-order valence-electron chi connectivity index (χ2n) is 5.06. The zero-order valence-electron chi connectivity index (χ0n) is 12.2. The van der Waals surface area contributed by atoms with Gasteiger partial charge in [-0.05, 0) is 36.1 Å². The molecule has 0 saturated carbocycles. The van der Waals surface area contributed by atoms with E-state index in [0.29, 0.717) is 12.6 Å². The third-order valence-corrected chi connectivity index (χ3v) is 3.57. The van der Waals surface area contributed by atoms with Crippen molar-refractivity contribution in [3.8, 4) is 11.1 Å². The van der Waals surface area contributed by atoms with Crippen LogP contribution >= 0.6 is 0 Å². The molecule has 108 valence electrons. The quantitative estimate of drug-likeness (QED) is 0.937. The van der Waals surface area contributed by atoms with Crippen LogP contribution < -0.4 is 5.32 Å². The molecule has 0 spiro atoms. The molecule has 1 aliphatic rings. The maximum atomic E-state index is 5.36. The van der Waals surface area contributed by atoms with Crippen LogP contribution in [0, 0.1) is 6.92 Å². The molecular formula is C17H19N3O. The number of hydrogen-bond donors (Lipinski definition) is 1. The summed E-state index contributed by atoms with van der Waals surface area (Å²) in [5.41, 5.74) is 5.03. The summed E-state index contributed by atoms with van der Waals surface area (Å²) in [6.45, 7) is 4.40. The lowest BCUT2D eigenvalue weighted by atomic mass is 9.94. The molecule has 0 unspecified atom stereocenters. The summed E-state index contributed by atoms with van der Waals surface area (Å²) in [5, 5.41) is 3.24. The zero-order valence-corrected chi connectivity index (χ0v) is 12.2. The predicted octanol–water partition coefficient (Wildman–Crippen LogP) is 2.58. The molecule has 0 radical (unpaired) electrons. The van der Waals surface area contributed by atoms with Gasteiger partial charge in [0.15, 0.2) is 0 Å². The molecule has 1 aromatic heterocycles. The Morgan fingerprint density at radius 2 is 2.19 bits per heavy atom. The van der Waals surface area contributed by atoms with Crippen molar-refractivity contribution in [2.24, 2.45) is 4.99 Å². The minimum atomic E-state index is 0.672. The number of amidine groups is 1. The smallest absolute Gasteiger partial charge is 0.284 e. The van der Waals surface area contributed by atoms with Gasteiger partial charge in [0.25, 0.3) is 6.02 Å². The van der Waals surface area contributed by atoms with Crippen molar-refractivity contribution >= 4 is 6.02 Å². The molecule has 3 rings (SSSR count). The molecule has 0 bridgehead atoms. The maximum absolute atomic E-state index is 5.36. The Bertz CT molecular complexity index is 638. The summed E-state index contributed by atoms with van der Waals surface area (Å²) in [4.78, 5) is 8.47. The van der Waals surface area contributed by atoms with E-state index in [1.54, 1.807) is 6.20 Å². The normalized spacial score (nSPS) is 13.7. The van der Waals surface area contributed by atoms with Gasteiger partial charge >= 0.3 is 0 Å². The molecule has 4 nitrogen and oxygen atoms in total. The van der Waals surface area contributed by atoms with Gasteiger partial charge in [-0.1, -0.05) is 24.3 Å². The monoisotopic (exact) mass is 281 g/mol. The number of rotatable bonds is 4. The summed E-state index contributed by atoms with van der Waals surface area (Å²) < 4.78 is 5.36. The number of nitrogens with zero attached hydrogens (tertiary/aromatic N) is 2. The molecule has 4 heteroatoms. The number of nitrogens with one attached hydrogen (secondary N) is 1. The first kappa shape index (κ1) is 13.6. The van der Waals surface area contributed by atoms with Crippen LogP contribution in [0.4, 0.5) is 0 Å². The summed E-state index contributed by atoms with van der Waals surface area (Å²) in [6, 6.07) is 11.2. The van der Waals surface area contributed by atoms with Gasteiger partial charge < -0.3 is 10.1 Å². The fraction of sp³-hybridized carbons (Fsp3) is 0.294. The number of aliphatic imine (C=N–C) groups is 1. The second kappa shape index (κ2) is 6.39. The minimum absolute atomic E-state index is 0.672. The van der Waals surface area contributed by atoms with Crippen LogP contribution in [0.3, 0.4) is 0 Å². The van der Waals surface area contributed by atoms with Crippen LogP contribution in [0.15, 0.2) is 47.7 Å². The molecule has 2 heterocycles. The first-order valence-electron chi connectivity index (χ1n) is 7.24. The van der Waals surface area contributed by atoms with Gasteiger partial charge in [0.2, 0.25) is 0 Å². The lowest BCUT2D eigenvalue weighted by Gasteiger charge is -2.13. The van der Waals surface area contributed by atoms with E-state index in [2.05, 4.69) is 46.5 Å². The molecule has 1 aliphatic heterocycles. The topological polar surface area (TPSA) is 46.5 Å². The van der Waals surface area contributed by atoms with Gasteiger partial charge in [-0.25, -0.2) is 4.99 Å². The molecule has 0 saturated heterocycles. The fourth-order valence-corrected chi connectivity index (χ4v) is 2.61. The van der Waals surface area contributed by atoms with E-state index in [1.165, 1.54) is 22.3 Å². The van der Waals surface area contributed by atoms with E-state index in [0.717, 1.165) is 19.5 Å². The standard InChI is InChI=1S/C17H19N3O/c1-13-4-2-5-14(7-9-19-17-20-10-11-21-17)16(13)15-6-3-8-18-12-15/h2-6,8,12H,7,9-11H2,1H3,(H,19,20). The fourth-order valence-electron chi connectivity index (χ4n) is 2.61. The summed E-state index contributed by atoms with van der Waals surface area (Å²) in [7, 11) is 0. The first-order chi connectivity index (χ1) is 10.3. The maximum Gasteiger partial charge on any atom is 0.284 e. The van der Waals surface area contributed by atoms with Crippen LogP contribution in [-0.2, 0) is 11.2 Å². The highest BCUT2D eigenvalue weighted by atomic mass is 16.5. The third-order valence-electron chi connectivity index (χ3n) is 3.57. The molecule has 2 aromatic rings. The predicted molar refractivity (Wildman–Crippen MR) is 84.4 cm³/mol. The number of hydrogen-bond acceptors (Lipinski definition) is 4. The van der Waals surface area contributed by atoms with Gasteiger partial charge in [0, 0.05) is 24.5 Å². The summed E-state index contributed by atoms with van der Waals surface area (Å²) in [6.07, 6.45) is 4.65. The Morgan fingerprint density at radius 3 is 2.95 bits per heavy atom. The number of ether oxygens (including phenoxy) is 1. The average molecular weight is 281 g/mol. The number of aryl methyl sites for hydroxylation is 1. The highest BCUT2D eigenvalue weighted by molar-refractivity contribution is 5.75. The van der Waals surface area contributed by atoms with Crippen molar-refractivity contribution in [1.82, 2.24) is 10.3 Å². The van der Waals surface area contributed by atoms with Crippen molar-refractivity contribution in [2.45, 2.75) is 13.3 Å². The van der Waals surface area contributed by atoms with E-state index in [1.807, 2.05) is 12.3 Å². The van der Waals surface area contributed by atoms with E-state index < -0.39 is 0 Å². The van der Waals surface area contributed by atoms with Crippen LogP contribution in [0.2, 0.25) is 0 Å². The Kier molecular flexibility index (Phi) is 4.15. The minimum Gasteiger partial charge on any atom is -0.463 e. The van der Waals surface area contributed by atoms with Crippen LogP contribution in [-0.4, -0.2) is 30.7 Å². The molecule has 21 heavy (non-hydrogen) atoms. The lowest BCUT2D eigenvalue weighted by Crippen LogP contribution is -2.25. The third kappa shape index (κ3) is 3.21. The van der Waals surface area contributed by atoms with Crippen molar-refractivity contribution in [1.29, 1.82) is 0 Å². The molecule has 1 aromatic carbocycles. The first-order valence-corrected chi connectivity index (χ1v) is 7.24. The van der Waals surface area contributed by atoms with E-state index >= 15 is 0 Å². The average Bonchev–Trinajstić information content (AvgIpc) is 3.02. The van der Waals surface area contributed by atoms with Crippen LogP contribution in [0.5, 0.6) is 0 Å². The highest BCUT2D eigenvalue weighted by Crippen LogP contribution is 2.27. The Morgan fingerprint density at radius 1 is 1.24 bits per heavy atom.